The van der Waals surface area contributed by atoms with Crippen LogP contribution in [0.3, 0.4) is 0 Å². The molecule has 8 heteroatoms. The minimum Gasteiger partial charge on any atom is -0.338 e. The van der Waals surface area contributed by atoms with Gasteiger partial charge in [-0.05, 0) is 55.6 Å². The van der Waals surface area contributed by atoms with Crippen LogP contribution >= 0.6 is 0 Å². The van der Waals surface area contributed by atoms with E-state index < -0.39 is 9.84 Å². The van der Waals surface area contributed by atoms with Gasteiger partial charge >= 0.3 is 0 Å². The normalized spacial score (nSPS) is 24.7. The van der Waals surface area contributed by atoms with Gasteiger partial charge in [0.05, 0.1) is 16.4 Å². The molecule has 5 rings (SSSR count). The molecule has 204 valence electrons. The molecule has 3 heterocycles. The standard InChI is InChI=1S/C30H39N3O4S/c1-3-27(34)28(26-20-31-19-25(26)23-7-5-4-6-8-23)32-16-13-30(14-17-32)15-18-33(29(30)35)21-22-9-11-24(12-10-22)38(2,36)37/h4-12,25-26,28,31H,3,13-21H2,1-2H3/t25-,26-,28?/m1/s1. The minimum atomic E-state index is -3.24. The molecule has 1 unspecified atom stereocenters. The lowest BCUT2D eigenvalue weighted by Gasteiger charge is -2.43. The molecular formula is C30H39N3O4S. The summed E-state index contributed by atoms with van der Waals surface area (Å²) in [6.45, 7) is 6.42. The van der Waals surface area contributed by atoms with Crippen LogP contribution in [0.1, 0.15) is 49.7 Å². The Morgan fingerprint density at radius 3 is 2.29 bits per heavy atom. The van der Waals surface area contributed by atoms with Crippen molar-refractivity contribution in [2.75, 3.05) is 39.0 Å². The Morgan fingerprint density at radius 1 is 1.00 bits per heavy atom. The molecule has 3 aliphatic heterocycles. The van der Waals surface area contributed by atoms with Crippen molar-refractivity contribution in [2.24, 2.45) is 11.3 Å². The van der Waals surface area contributed by atoms with Gasteiger partial charge in [0.15, 0.2) is 9.84 Å². The zero-order valence-electron chi connectivity index (χ0n) is 22.4. The van der Waals surface area contributed by atoms with Crippen LogP contribution in [0.25, 0.3) is 0 Å². The van der Waals surface area contributed by atoms with E-state index in [4.69, 9.17) is 0 Å². The first-order valence-corrected chi connectivity index (χ1v) is 15.7. The van der Waals surface area contributed by atoms with Gasteiger partial charge in [0.2, 0.25) is 5.91 Å². The summed E-state index contributed by atoms with van der Waals surface area (Å²) in [4.78, 5) is 31.5. The molecule has 1 N–H and O–H groups in total. The zero-order chi connectivity index (χ0) is 26.9. The molecule has 2 aromatic carbocycles. The summed E-state index contributed by atoms with van der Waals surface area (Å²) in [6.07, 6.45) is 4.12. The van der Waals surface area contributed by atoms with Gasteiger partial charge in [-0.3, -0.25) is 14.5 Å². The number of benzene rings is 2. The lowest BCUT2D eigenvalue weighted by Crippen LogP contribution is -2.54. The third-order valence-corrected chi connectivity index (χ3v) is 10.2. The third-order valence-electron chi connectivity index (χ3n) is 9.05. The highest BCUT2D eigenvalue weighted by atomic mass is 32.2. The lowest BCUT2D eigenvalue weighted by atomic mass is 9.75. The van der Waals surface area contributed by atoms with Crippen LogP contribution in [0, 0.1) is 11.3 Å². The topological polar surface area (TPSA) is 86.8 Å². The molecule has 38 heavy (non-hydrogen) atoms. The van der Waals surface area contributed by atoms with Crippen molar-refractivity contribution in [2.45, 2.75) is 56.0 Å². The lowest BCUT2D eigenvalue weighted by molar-refractivity contribution is -0.140. The van der Waals surface area contributed by atoms with E-state index >= 15 is 0 Å². The Balaban J connectivity index is 1.26. The fourth-order valence-corrected chi connectivity index (χ4v) is 7.45. The number of nitrogens with zero attached hydrogens (tertiary/aromatic N) is 2. The van der Waals surface area contributed by atoms with Crippen molar-refractivity contribution in [3.8, 4) is 0 Å². The van der Waals surface area contributed by atoms with E-state index in [-0.39, 0.29) is 23.3 Å². The first-order chi connectivity index (χ1) is 18.2. The number of likely N-dealkylation sites (tertiary alicyclic amines) is 2. The maximum absolute atomic E-state index is 13.6. The second kappa shape index (κ2) is 10.9. The maximum atomic E-state index is 13.6. The second-order valence-electron chi connectivity index (χ2n) is 11.3. The number of Topliss-reactive ketones (excluding diaryl/α,β-unsaturated/α-hetero) is 1. The number of carbonyl (C=O) groups is 2. The van der Waals surface area contributed by atoms with Gasteiger partial charge < -0.3 is 10.2 Å². The van der Waals surface area contributed by atoms with Gasteiger partial charge in [0.25, 0.3) is 0 Å². The van der Waals surface area contributed by atoms with E-state index in [1.807, 2.05) is 17.9 Å². The van der Waals surface area contributed by atoms with Gasteiger partial charge in [0.1, 0.15) is 5.78 Å². The molecule has 0 aliphatic carbocycles. The molecular weight excluding hydrogens is 498 g/mol. The summed E-state index contributed by atoms with van der Waals surface area (Å²) in [6, 6.07) is 17.2. The van der Waals surface area contributed by atoms with E-state index in [1.54, 1.807) is 24.3 Å². The van der Waals surface area contributed by atoms with Crippen LogP contribution in [0.4, 0.5) is 0 Å². The molecule has 7 nitrogen and oxygen atoms in total. The molecule has 0 saturated carbocycles. The van der Waals surface area contributed by atoms with E-state index in [0.717, 1.165) is 51.0 Å². The molecule has 1 spiro atoms. The number of ketones is 1. The van der Waals surface area contributed by atoms with Gasteiger partial charge in [-0.15, -0.1) is 0 Å². The first kappa shape index (κ1) is 27.0. The number of amides is 1. The molecule has 3 aliphatic rings. The molecule has 0 bridgehead atoms. The highest BCUT2D eigenvalue weighted by Gasteiger charge is 2.50. The van der Waals surface area contributed by atoms with Crippen molar-refractivity contribution in [3.05, 3.63) is 65.7 Å². The minimum absolute atomic E-state index is 0.126. The predicted molar refractivity (Wildman–Crippen MR) is 147 cm³/mol. The van der Waals surface area contributed by atoms with Crippen molar-refractivity contribution < 1.29 is 18.0 Å². The number of piperidine rings is 1. The number of hydrogen-bond acceptors (Lipinski definition) is 6. The van der Waals surface area contributed by atoms with Crippen molar-refractivity contribution in [3.63, 3.8) is 0 Å². The zero-order valence-corrected chi connectivity index (χ0v) is 23.3. The predicted octanol–water partition coefficient (Wildman–Crippen LogP) is 3.26. The molecule has 3 saturated heterocycles. The Kier molecular flexibility index (Phi) is 7.76. The Morgan fingerprint density at radius 2 is 1.66 bits per heavy atom. The van der Waals surface area contributed by atoms with Gasteiger partial charge in [0, 0.05) is 50.7 Å². The highest BCUT2D eigenvalue weighted by Crippen LogP contribution is 2.44. The quantitative estimate of drug-likeness (QED) is 0.556. The SMILES string of the molecule is CCC(=O)C([C@@H]1CNC[C@@H]1c1ccccc1)N1CCC2(CCN(Cc3ccc(S(C)(=O)=O)cc3)C2=O)CC1. The number of sulfone groups is 1. The van der Waals surface area contributed by atoms with Crippen LogP contribution < -0.4 is 5.32 Å². The number of rotatable bonds is 8. The fraction of sp³-hybridized carbons (Fsp3) is 0.533. The summed E-state index contributed by atoms with van der Waals surface area (Å²) in [5.74, 6) is 1.04. The van der Waals surface area contributed by atoms with Gasteiger partial charge in [-0.1, -0.05) is 49.4 Å². The highest BCUT2D eigenvalue weighted by molar-refractivity contribution is 7.90. The van der Waals surface area contributed by atoms with E-state index in [2.05, 4.69) is 34.5 Å². The fourth-order valence-electron chi connectivity index (χ4n) is 6.82. The van der Waals surface area contributed by atoms with E-state index in [1.165, 1.54) is 11.8 Å². The van der Waals surface area contributed by atoms with Crippen molar-refractivity contribution in [1.82, 2.24) is 15.1 Å². The van der Waals surface area contributed by atoms with Gasteiger partial charge in [-0.25, -0.2) is 8.42 Å². The van der Waals surface area contributed by atoms with Crippen molar-refractivity contribution in [1.29, 1.82) is 0 Å². The maximum Gasteiger partial charge on any atom is 0.229 e. The van der Waals surface area contributed by atoms with Crippen LogP contribution in [-0.4, -0.2) is 74.9 Å². The van der Waals surface area contributed by atoms with Crippen LogP contribution in [0.2, 0.25) is 0 Å². The number of hydrogen-bond donors (Lipinski definition) is 1. The average molecular weight is 538 g/mol. The number of nitrogens with one attached hydrogen (secondary N) is 1. The monoisotopic (exact) mass is 537 g/mol. The first-order valence-electron chi connectivity index (χ1n) is 13.8. The Labute approximate surface area is 226 Å². The summed E-state index contributed by atoms with van der Waals surface area (Å²) in [5.41, 5.74) is 1.88. The smallest absolute Gasteiger partial charge is 0.229 e. The summed E-state index contributed by atoms with van der Waals surface area (Å²) < 4.78 is 23.5. The molecule has 3 fully saturated rings. The largest absolute Gasteiger partial charge is 0.338 e. The molecule has 3 atom stereocenters. The van der Waals surface area contributed by atoms with Crippen molar-refractivity contribution >= 4 is 21.5 Å². The molecule has 0 aromatic heterocycles. The van der Waals surface area contributed by atoms with E-state index in [0.29, 0.717) is 36.1 Å². The van der Waals surface area contributed by atoms with Crippen LogP contribution in [0.15, 0.2) is 59.5 Å². The van der Waals surface area contributed by atoms with Gasteiger partial charge in [-0.2, -0.15) is 0 Å². The van der Waals surface area contributed by atoms with Crippen LogP contribution in [0.5, 0.6) is 0 Å². The second-order valence-corrected chi connectivity index (χ2v) is 13.3. The molecule has 0 radical (unpaired) electrons. The summed E-state index contributed by atoms with van der Waals surface area (Å²) in [5, 5.41) is 3.54. The molecule has 1 amide bonds. The Hall–Kier alpha value is -2.55. The summed E-state index contributed by atoms with van der Waals surface area (Å²) in [7, 11) is -3.24. The molecule has 2 aromatic rings. The van der Waals surface area contributed by atoms with Crippen LogP contribution in [-0.2, 0) is 26.0 Å². The average Bonchev–Trinajstić information content (AvgIpc) is 3.51. The number of carbonyl (C=O) groups excluding carboxylic acids is 2. The Bertz CT molecular complexity index is 1250. The summed E-state index contributed by atoms with van der Waals surface area (Å²) >= 11 is 0. The third kappa shape index (κ3) is 5.31. The van der Waals surface area contributed by atoms with E-state index in [9.17, 15) is 18.0 Å².